The van der Waals surface area contributed by atoms with Crippen LogP contribution in [0.4, 0.5) is 0 Å². The third kappa shape index (κ3) is 2.90. The molecule has 1 saturated carbocycles. The van der Waals surface area contributed by atoms with E-state index in [1.165, 1.54) is 25.7 Å². The molecule has 1 N–H and O–H groups in total. The topological polar surface area (TPSA) is 33.4 Å². The highest BCUT2D eigenvalue weighted by Crippen LogP contribution is 2.37. The van der Waals surface area contributed by atoms with Crippen molar-refractivity contribution in [1.29, 1.82) is 0 Å². The van der Waals surface area contributed by atoms with Crippen molar-refractivity contribution in [3.63, 3.8) is 0 Å². The van der Waals surface area contributed by atoms with Crippen LogP contribution in [0.1, 0.15) is 50.4 Å². The van der Waals surface area contributed by atoms with Gasteiger partial charge >= 0.3 is 0 Å². The molecular formula is C12H16Br2O2. The zero-order chi connectivity index (χ0) is 11.5. The van der Waals surface area contributed by atoms with Crippen LogP contribution in [0.3, 0.4) is 0 Å². The molecule has 1 aliphatic rings. The Balaban J connectivity index is 2.07. The molecule has 2 rings (SSSR count). The van der Waals surface area contributed by atoms with Gasteiger partial charge in [-0.05, 0) is 56.7 Å². The molecule has 0 bridgehead atoms. The van der Waals surface area contributed by atoms with E-state index in [2.05, 4.69) is 31.9 Å². The fourth-order valence-corrected chi connectivity index (χ4v) is 2.98. The normalized spacial score (nSPS) is 20.7. The van der Waals surface area contributed by atoms with Crippen LogP contribution in [0.2, 0.25) is 0 Å². The lowest BCUT2D eigenvalue weighted by atomic mass is 9.93. The second-order valence-electron chi connectivity index (χ2n) is 4.47. The molecule has 0 saturated heterocycles. The smallest absolute Gasteiger partial charge is 0.183 e. The second kappa shape index (κ2) is 5.69. The first-order valence-electron chi connectivity index (χ1n) is 5.81. The number of furan rings is 1. The Hall–Kier alpha value is 0.200. The van der Waals surface area contributed by atoms with Crippen molar-refractivity contribution >= 4 is 31.9 Å². The first-order chi connectivity index (χ1) is 7.68. The van der Waals surface area contributed by atoms with Gasteiger partial charge in [-0.2, -0.15) is 0 Å². The summed E-state index contributed by atoms with van der Waals surface area (Å²) in [6.45, 7) is 0. The van der Waals surface area contributed by atoms with E-state index in [-0.39, 0.29) is 0 Å². The Bertz CT molecular complexity index is 321. The maximum Gasteiger partial charge on any atom is 0.183 e. The summed E-state index contributed by atoms with van der Waals surface area (Å²) in [4.78, 5) is 0. The maximum absolute atomic E-state index is 10.3. The molecule has 4 heteroatoms. The molecule has 1 unspecified atom stereocenters. The fraction of sp³-hybridized carbons (Fsp3) is 0.667. The van der Waals surface area contributed by atoms with Crippen molar-refractivity contribution in [2.75, 3.05) is 0 Å². The Morgan fingerprint density at radius 2 is 1.81 bits per heavy atom. The predicted molar refractivity (Wildman–Crippen MR) is 70.3 cm³/mol. The number of halogens is 2. The van der Waals surface area contributed by atoms with Crippen molar-refractivity contribution < 1.29 is 9.52 Å². The first-order valence-corrected chi connectivity index (χ1v) is 7.40. The minimum Gasteiger partial charge on any atom is -0.450 e. The highest BCUT2D eigenvalue weighted by molar-refractivity contribution is 9.13. The molecular weight excluding hydrogens is 336 g/mol. The van der Waals surface area contributed by atoms with Crippen LogP contribution in [0.25, 0.3) is 0 Å². The van der Waals surface area contributed by atoms with Crippen molar-refractivity contribution in [1.82, 2.24) is 0 Å². The van der Waals surface area contributed by atoms with E-state index in [4.69, 9.17) is 4.42 Å². The third-order valence-corrected chi connectivity index (χ3v) is 5.01. The summed E-state index contributed by atoms with van der Waals surface area (Å²) in [6, 6.07) is 1.86. The molecule has 2 nitrogen and oxygen atoms in total. The molecule has 1 aromatic heterocycles. The van der Waals surface area contributed by atoms with Crippen LogP contribution in [0.15, 0.2) is 19.6 Å². The molecule has 1 aliphatic carbocycles. The van der Waals surface area contributed by atoms with Crippen molar-refractivity contribution in [2.45, 2.75) is 44.6 Å². The average Bonchev–Trinajstić information content (AvgIpc) is 2.51. The minimum atomic E-state index is -0.458. The van der Waals surface area contributed by atoms with E-state index in [0.717, 1.165) is 17.3 Å². The van der Waals surface area contributed by atoms with Gasteiger partial charge < -0.3 is 9.52 Å². The second-order valence-corrected chi connectivity index (χ2v) is 6.04. The maximum atomic E-state index is 10.3. The van der Waals surface area contributed by atoms with Gasteiger partial charge in [0.1, 0.15) is 11.9 Å². The van der Waals surface area contributed by atoms with E-state index in [9.17, 15) is 5.11 Å². The number of hydrogen-bond acceptors (Lipinski definition) is 2. The SMILES string of the molecule is OC(c1cc(Br)c(Br)o1)C1CCCCCC1. The fourth-order valence-electron chi connectivity index (χ4n) is 2.37. The van der Waals surface area contributed by atoms with Gasteiger partial charge in [0.05, 0.1) is 4.47 Å². The van der Waals surface area contributed by atoms with Gasteiger partial charge in [0.25, 0.3) is 0 Å². The molecule has 1 atom stereocenters. The molecule has 90 valence electrons. The van der Waals surface area contributed by atoms with Crippen molar-refractivity contribution in [3.8, 4) is 0 Å². The van der Waals surface area contributed by atoms with E-state index < -0.39 is 6.10 Å². The summed E-state index contributed by atoms with van der Waals surface area (Å²) in [7, 11) is 0. The Morgan fingerprint density at radius 1 is 1.19 bits per heavy atom. The number of aliphatic hydroxyl groups excluding tert-OH is 1. The van der Waals surface area contributed by atoms with Crippen LogP contribution < -0.4 is 0 Å². The minimum absolute atomic E-state index is 0.354. The lowest BCUT2D eigenvalue weighted by molar-refractivity contribution is 0.0766. The summed E-state index contributed by atoms with van der Waals surface area (Å²) in [5.74, 6) is 1.03. The molecule has 1 aromatic rings. The van der Waals surface area contributed by atoms with E-state index in [1.54, 1.807) is 0 Å². The van der Waals surface area contributed by atoms with Crippen LogP contribution in [0, 0.1) is 5.92 Å². The highest BCUT2D eigenvalue weighted by Gasteiger charge is 2.25. The first kappa shape index (κ1) is 12.7. The molecule has 1 heterocycles. The van der Waals surface area contributed by atoms with E-state index in [1.807, 2.05) is 6.07 Å². The zero-order valence-electron chi connectivity index (χ0n) is 9.09. The number of aliphatic hydroxyl groups is 1. The van der Waals surface area contributed by atoms with Gasteiger partial charge in [-0.25, -0.2) is 0 Å². The van der Waals surface area contributed by atoms with Crippen LogP contribution in [0.5, 0.6) is 0 Å². The molecule has 0 amide bonds. The largest absolute Gasteiger partial charge is 0.450 e. The van der Waals surface area contributed by atoms with E-state index in [0.29, 0.717) is 16.3 Å². The van der Waals surface area contributed by atoms with Crippen LogP contribution in [-0.4, -0.2) is 5.11 Å². The predicted octanol–water partition coefficient (Wildman–Crippen LogP) is 4.81. The van der Waals surface area contributed by atoms with Gasteiger partial charge in [-0.1, -0.05) is 25.7 Å². The van der Waals surface area contributed by atoms with Crippen LogP contribution in [-0.2, 0) is 0 Å². The highest BCUT2D eigenvalue weighted by atomic mass is 79.9. The lowest BCUT2D eigenvalue weighted by Crippen LogP contribution is -2.11. The Morgan fingerprint density at radius 3 is 2.31 bits per heavy atom. The van der Waals surface area contributed by atoms with Crippen molar-refractivity contribution in [3.05, 3.63) is 21.0 Å². The van der Waals surface area contributed by atoms with Crippen molar-refractivity contribution in [2.24, 2.45) is 5.92 Å². The monoisotopic (exact) mass is 350 g/mol. The molecule has 0 spiro atoms. The summed E-state index contributed by atoms with van der Waals surface area (Å²) in [6.07, 6.45) is 6.81. The van der Waals surface area contributed by atoms with Gasteiger partial charge in [0.15, 0.2) is 4.67 Å². The van der Waals surface area contributed by atoms with Gasteiger partial charge in [-0.15, -0.1) is 0 Å². The van der Waals surface area contributed by atoms with Gasteiger partial charge in [0, 0.05) is 0 Å². The quantitative estimate of drug-likeness (QED) is 0.775. The molecule has 0 aromatic carbocycles. The van der Waals surface area contributed by atoms with Gasteiger partial charge in [0.2, 0.25) is 0 Å². The summed E-state index contributed by atoms with van der Waals surface area (Å²) >= 11 is 6.67. The molecule has 0 aliphatic heterocycles. The third-order valence-electron chi connectivity index (χ3n) is 3.30. The van der Waals surface area contributed by atoms with Gasteiger partial charge in [-0.3, -0.25) is 0 Å². The average molecular weight is 352 g/mol. The summed E-state index contributed by atoms with van der Waals surface area (Å²) in [5.41, 5.74) is 0. The lowest BCUT2D eigenvalue weighted by Gasteiger charge is -2.18. The molecule has 16 heavy (non-hydrogen) atoms. The summed E-state index contributed by atoms with van der Waals surface area (Å²) < 4.78 is 7.02. The molecule has 0 radical (unpaired) electrons. The van der Waals surface area contributed by atoms with E-state index >= 15 is 0 Å². The van der Waals surface area contributed by atoms with Crippen LogP contribution >= 0.6 is 31.9 Å². The summed E-state index contributed by atoms with van der Waals surface area (Å²) in [5, 5.41) is 10.3. The molecule has 1 fully saturated rings. The number of hydrogen-bond donors (Lipinski definition) is 1. The standard InChI is InChI=1S/C12H16Br2O2/c13-9-7-10(16-12(9)14)11(15)8-5-3-1-2-4-6-8/h7-8,11,15H,1-6H2. The number of rotatable bonds is 2. The zero-order valence-corrected chi connectivity index (χ0v) is 12.3. The Kier molecular flexibility index (Phi) is 4.50. The Labute approximate surface area is 113 Å².